The molecule has 19 heteroatoms. The molecule has 26 atom stereocenters. The number of fused-ring (bicyclic) bond motifs is 5. The smallest absolute Gasteiger partial charge is 0.187 e. The summed E-state index contributed by atoms with van der Waals surface area (Å²) in [6.07, 6.45) is -19.6. The molecule has 3 aliphatic heterocycles. The van der Waals surface area contributed by atoms with E-state index in [0.717, 1.165) is 5.57 Å². The molecule has 0 aromatic rings. The molecule has 0 spiro atoms. The van der Waals surface area contributed by atoms with Gasteiger partial charge in [0.05, 0.1) is 43.7 Å². The van der Waals surface area contributed by atoms with Gasteiger partial charge in [-0.25, -0.2) is 0 Å². The molecule has 7 aliphatic rings. The van der Waals surface area contributed by atoms with Crippen LogP contribution in [0.4, 0.5) is 0 Å². The highest BCUT2D eigenvalue weighted by atomic mass is 16.7. The fourth-order valence-electron chi connectivity index (χ4n) is 14.9. The summed E-state index contributed by atoms with van der Waals surface area (Å²) in [5.74, 6) is -1.11. The Bertz CT molecular complexity index is 1710. The maximum Gasteiger partial charge on any atom is 0.187 e. The molecule has 0 aromatic carbocycles. The van der Waals surface area contributed by atoms with Crippen molar-refractivity contribution in [1.82, 2.24) is 0 Å². The predicted molar refractivity (Wildman–Crippen MR) is 235 cm³/mol. The van der Waals surface area contributed by atoms with Crippen LogP contribution < -0.4 is 0 Å². The van der Waals surface area contributed by atoms with Crippen molar-refractivity contribution < 1.29 is 94.8 Å². The van der Waals surface area contributed by atoms with E-state index < -0.39 is 158 Å². The highest BCUT2D eigenvalue weighted by Gasteiger charge is 2.74. The number of ether oxygens (including phenoxy) is 6. The first-order chi connectivity index (χ1) is 31.3. The maximum absolute atomic E-state index is 12.7. The SMILES string of the molecule is CC(C)=CCC[C@](C)(O[C@H]1O[C@@H](CO)[C@H](O)[C@@H](O)[C@@H]1O)[C@H]1CC[C@]2(C)[C@@H]1[C@H](O)C[C@@H]1[C@@]3(C)CC[C@H](O)C(C)(C)[C@H]3[C@@H](O[C@H]3O[C@H](CO)[C@@H](O[C@H]4O[C@H](CO)[C@@H](O)[C@H](O)[C@H]4O)[C@H](O)[C@H]3O)C[C@]12C. The molecule has 13 N–H and O–H groups in total. The van der Waals surface area contributed by atoms with Crippen molar-refractivity contribution in [3.8, 4) is 0 Å². The van der Waals surface area contributed by atoms with Gasteiger partial charge in [-0.15, -0.1) is 0 Å². The number of aliphatic hydroxyl groups is 13. The van der Waals surface area contributed by atoms with Gasteiger partial charge in [-0.05, 0) is 117 Å². The first kappa shape index (κ1) is 53.8. The molecule has 0 amide bonds. The molecule has 7 fully saturated rings. The lowest BCUT2D eigenvalue weighted by Crippen LogP contribution is -2.71. The Balaban J connectivity index is 1.21. The second kappa shape index (κ2) is 19.8. The maximum atomic E-state index is 12.7. The largest absolute Gasteiger partial charge is 0.394 e. The van der Waals surface area contributed by atoms with Crippen LogP contribution >= 0.6 is 0 Å². The quantitative estimate of drug-likeness (QED) is 0.0773. The van der Waals surface area contributed by atoms with Gasteiger partial charge >= 0.3 is 0 Å². The molecule has 3 saturated heterocycles. The van der Waals surface area contributed by atoms with Crippen LogP contribution in [-0.4, -0.2) is 202 Å². The van der Waals surface area contributed by atoms with Crippen molar-refractivity contribution in [3.63, 3.8) is 0 Å². The van der Waals surface area contributed by atoms with E-state index >= 15 is 0 Å². The van der Waals surface area contributed by atoms with Crippen molar-refractivity contribution in [2.24, 2.45) is 45.3 Å². The summed E-state index contributed by atoms with van der Waals surface area (Å²) in [4.78, 5) is 0. The Kier molecular flexibility index (Phi) is 15.9. The lowest BCUT2D eigenvalue weighted by molar-refractivity contribution is -0.374. The van der Waals surface area contributed by atoms with Crippen LogP contribution in [0.1, 0.15) is 107 Å². The molecule has 0 bridgehead atoms. The number of allylic oxidation sites excluding steroid dienone is 2. The molecule has 0 unspecified atom stereocenters. The number of aliphatic hydroxyl groups excluding tert-OH is 13. The van der Waals surface area contributed by atoms with Crippen LogP contribution in [0.3, 0.4) is 0 Å². The molecule has 19 nitrogen and oxygen atoms in total. The zero-order chi connectivity index (χ0) is 49.5. The second-order valence-corrected chi connectivity index (χ2v) is 23.1. The minimum absolute atomic E-state index is 0.0841. The number of rotatable bonds is 13. The Hall–Kier alpha value is -1.02. The Morgan fingerprint density at radius 1 is 0.642 bits per heavy atom. The average molecular weight is 963 g/mol. The van der Waals surface area contributed by atoms with Crippen LogP contribution in [-0.2, 0) is 28.4 Å². The van der Waals surface area contributed by atoms with Gasteiger partial charge in [0.1, 0.15) is 73.2 Å². The van der Waals surface area contributed by atoms with E-state index in [-0.39, 0.29) is 23.7 Å². The van der Waals surface area contributed by atoms with Crippen molar-refractivity contribution in [3.05, 3.63) is 11.6 Å². The Morgan fingerprint density at radius 3 is 1.76 bits per heavy atom. The summed E-state index contributed by atoms with van der Waals surface area (Å²) in [6, 6.07) is 0. The lowest BCUT2D eigenvalue weighted by Gasteiger charge is -2.72. The van der Waals surface area contributed by atoms with Crippen molar-refractivity contribution in [1.29, 1.82) is 0 Å². The van der Waals surface area contributed by atoms with Crippen LogP contribution in [0.5, 0.6) is 0 Å². The molecule has 4 saturated carbocycles. The lowest BCUT2D eigenvalue weighted by atomic mass is 9.34. The molecule has 7 rings (SSSR count). The third kappa shape index (κ3) is 9.03. The molecule has 0 radical (unpaired) electrons. The summed E-state index contributed by atoms with van der Waals surface area (Å²) in [5, 5.41) is 142. The first-order valence-electron chi connectivity index (χ1n) is 24.5. The van der Waals surface area contributed by atoms with E-state index in [1.165, 1.54) is 0 Å². The third-order valence-corrected chi connectivity index (χ3v) is 18.7. The van der Waals surface area contributed by atoms with Gasteiger partial charge in [0.2, 0.25) is 0 Å². The molecule has 0 aromatic heterocycles. The Labute approximate surface area is 393 Å². The summed E-state index contributed by atoms with van der Waals surface area (Å²) >= 11 is 0. The van der Waals surface area contributed by atoms with Crippen molar-refractivity contribution in [2.75, 3.05) is 19.8 Å². The normalized spacial score (nSPS) is 52.9. The first-order valence-corrected chi connectivity index (χ1v) is 24.5. The number of hydrogen-bond donors (Lipinski definition) is 13. The molecule has 388 valence electrons. The van der Waals surface area contributed by atoms with E-state index in [1.54, 1.807) is 0 Å². The van der Waals surface area contributed by atoms with Gasteiger partial charge in [-0.2, -0.15) is 0 Å². The fourth-order valence-corrected chi connectivity index (χ4v) is 14.9. The fraction of sp³-hybridized carbons (Fsp3) is 0.958. The predicted octanol–water partition coefficient (Wildman–Crippen LogP) is -1.06. The molecular formula is C48H82O19. The molecular weight excluding hydrogens is 881 g/mol. The Morgan fingerprint density at radius 2 is 1.18 bits per heavy atom. The van der Waals surface area contributed by atoms with E-state index in [9.17, 15) is 66.4 Å². The van der Waals surface area contributed by atoms with Crippen LogP contribution in [0.2, 0.25) is 0 Å². The molecule has 67 heavy (non-hydrogen) atoms. The standard InChI is InChI=1S/C48H82O19/c1-21(2)10-9-13-48(8,67-43-37(60)34(57)32(55)26(19-50)64-43)22-11-15-46(6)30(22)23(52)16-28-45(5)14-12-29(53)44(3,4)40(45)24(17-47(28,46)7)62-41-38(61)35(58)39(27(20-51)65-41)66-42-36(59)33(56)31(54)25(18-49)63-42/h10,22-43,49-61H,9,11-20H2,1-8H3/t22-,23+,24-,25+,26-,27+,28+,29-,30-,31+,32-,33-,34+,35+,36+,37-,38+,39+,40+,41-,42+,43+,45+,46+,47+,48-/m0/s1. The number of hydrogen-bond acceptors (Lipinski definition) is 19. The van der Waals surface area contributed by atoms with E-state index in [4.69, 9.17) is 28.4 Å². The second-order valence-electron chi connectivity index (χ2n) is 23.1. The summed E-state index contributed by atoms with van der Waals surface area (Å²) < 4.78 is 37.3. The average Bonchev–Trinajstić information content (AvgIpc) is 3.66. The van der Waals surface area contributed by atoms with Crippen molar-refractivity contribution in [2.45, 2.75) is 223 Å². The highest BCUT2D eigenvalue weighted by molar-refractivity contribution is 5.22. The summed E-state index contributed by atoms with van der Waals surface area (Å²) in [6.45, 7) is 14.5. The highest BCUT2D eigenvalue weighted by Crippen LogP contribution is 2.76. The van der Waals surface area contributed by atoms with Crippen LogP contribution in [0, 0.1) is 45.3 Å². The summed E-state index contributed by atoms with van der Waals surface area (Å²) in [5.41, 5.74) is -2.41. The monoisotopic (exact) mass is 963 g/mol. The third-order valence-electron chi connectivity index (χ3n) is 18.7. The molecule has 3 heterocycles. The zero-order valence-electron chi connectivity index (χ0n) is 40.3. The zero-order valence-corrected chi connectivity index (χ0v) is 40.3. The van der Waals surface area contributed by atoms with E-state index in [1.807, 2.05) is 34.6 Å². The van der Waals surface area contributed by atoms with Gasteiger partial charge in [0, 0.05) is 0 Å². The van der Waals surface area contributed by atoms with Crippen molar-refractivity contribution >= 4 is 0 Å². The summed E-state index contributed by atoms with van der Waals surface area (Å²) in [7, 11) is 0. The van der Waals surface area contributed by atoms with Gasteiger partial charge < -0.3 is 94.8 Å². The molecule has 4 aliphatic carbocycles. The van der Waals surface area contributed by atoms with Gasteiger partial charge in [0.15, 0.2) is 18.9 Å². The minimum atomic E-state index is -1.83. The van der Waals surface area contributed by atoms with Crippen LogP contribution in [0.25, 0.3) is 0 Å². The van der Waals surface area contributed by atoms with Gasteiger partial charge in [-0.3, -0.25) is 0 Å². The van der Waals surface area contributed by atoms with Gasteiger partial charge in [0.25, 0.3) is 0 Å². The van der Waals surface area contributed by atoms with E-state index in [0.29, 0.717) is 51.4 Å². The van der Waals surface area contributed by atoms with Crippen LogP contribution in [0.15, 0.2) is 11.6 Å². The minimum Gasteiger partial charge on any atom is -0.394 e. The van der Waals surface area contributed by atoms with E-state index in [2.05, 4.69) is 26.8 Å². The van der Waals surface area contributed by atoms with Gasteiger partial charge in [-0.1, -0.05) is 46.3 Å². The topological polar surface area (TPSA) is 318 Å².